The van der Waals surface area contributed by atoms with Crippen molar-refractivity contribution in [1.29, 1.82) is 0 Å². The molecule has 0 spiro atoms. The Labute approximate surface area is 154 Å². The zero-order valence-corrected chi connectivity index (χ0v) is 15.3. The average molecular weight is 342 g/mol. The van der Waals surface area contributed by atoms with Gasteiger partial charge in [-0.3, -0.25) is 9.59 Å². The Morgan fingerprint density at radius 1 is 0.577 bits per heavy atom. The summed E-state index contributed by atoms with van der Waals surface area (Å²) in [5.41, 5.74) is 7.00. The van der Waals surface area contributed by atoms with Gasteiger partial charge in [-0.1, -0.05) is 75.2 Å². The molecule has 0 aromatic heterocycles. The van der Waals surface area contributed by atoms with Crippen LogP contribution in [0.25, 0.3) is 11.1 Å². The number of rotatable bonds is 4. The van der Waals surface area contributed by atoms with Gasteiger partial charge in [-0.2, -0.15) is 0 Å². The van der Waals surface area contributed by atoms with Crippen LogP contribution in [-0.2, 0) is 0 Å². The molecule has 0 radical (unpaired) electrons. The van der Waals surface area contributed by atoms with Crippen LogP contribution in [-0.4, -0.2) is 11.6 Å². The summed E-state index contributed by atoms with van der Waals surface area (Å²) < 4.78 is 0. The first-order chi connectivity index (χ1) is 12.7. The van der Waals surface area contributed by atoms with Crippen molar-refractivity contribution in [2.75, 3.05) is 0 Å². The van der Waals surface area contributed by atoms with E-state index in [1.54, 1.807) is 0 Å². The third-order valence-corrected chi connectivity index (χ3v) is 5.28. The molecule has 2 aromatic rings. The van der Waals surface area contributed by atoms with Crippen molar-refractivity contribution in [1.82, 2.24) is 0 Å². The summed E-state index contributed by atoms with van der Waals surface area (Å²) >= 11 is 0. The highest BCUT2D eigenvalue weighted by atomic mass is 16.1. The number of Topliss-reactive ketones (excluding diaryl/α,β-unsaturated/α-hetero) is 2. The van der Waals surface area contributed by atoms with Gasteiger partial charge in [0, 0.05) is 22.3 Å². The maximum absolute atomic E-state index is 13.3. The molecule has 2 heteroatoms. The fourth-order valence-corrected chi connectivity index (χ4v) is 4.22. The monoisotopic (exact) mass is 342 g/mol. The summed E-state index contributed by atoms with van der Waals surface area (Å²) in [6, 6.07) is 15.5. The van der Waals surface area contributed by atoms with Crippen LogP contribution in [0.2, 0.25) is 0 Å². The zero-order valence-electron chi connectivity index (χ0n) is 15.3. The highest BCUT2D eigenvalue weighted by Crippen LogP contribution is 2.49. The van der Waals surface area contributed by atoms with E-state index in [9.17, 15) is 9.59 Å². The third kappa shape index (κ3) is 2.33. The third-order valence-electron chi connectivity index (χ3n) is 5.28. The lowest BCUT2D eigenvalue weighted by molar-refractivity contribution is 0.101. The van der Waals surface area contributed by atoms with Crippen LogP contribution < -0.4 is 0 Å². The van der Waals surface area contributed by atoms with Gasteiger partial charge >= 0.3 is 0 Å². The van der Waals surface area contributed by atoms with Crippen molar-refractivity contribution in [2.45, 2.75) is 39.5 Å². The molecule has 130 valence electrons. The second kappa shape index (κ2) is 6.53. The minimum atomic E-state index is 0.112. The van der Waals surface area contributed by atoms with Gasteiger partial charge in [-0.05, 0) is 35.1 Å². The molecule has 2 nitrogen and oxygen atoms in total. The molecule has 0 unspecified atom stereocenters. The number of carbonyl (C=O) groups is 2. The predicted octanol–water partition coefficient (Wildman–Crippen LogP) is 5.89. The first kappa shape index (κ1) is 16.7. The van der Waals surface area contributed by atoms with E-state index in [1.165, 1.54) is 0 Å². The molecule has 0 atom stereocenters. The van der Waals surface area contributed by atoms with Crippen LogP contribution in [0.3, 0.4) is 0 Å². The second-order valence-electron chi connectivity index (χ2n) is 6.96. The summed E-state index contributed by atoms with van der Waals surface area (Å²) in [7, 11) is 0. The van der Waals surface area contributed by atoms with Crippen LogP contribution in [0.5, 0.6) is 0 Å². The van der Waals surface area contributed by atoms with Crippen molar-refractivity contribution < 1.29 is 9.59 Å². The molecule has 0 saturated heterocycles. The van der Waals surface area contributed by atoms with Gasteiger partial charge in [0.15, 0.2) is 11.6 Å². The Morgan fingerprint density at radius 2 is 0.923 bits per heavy atom. The molecule has 2 aliphatic rings. The molecule has 0 amide bonds. The van der Waals surface area contributed by atoms with Crippen LogP contribution in [0.4, 0.5) is 0 Å². The van der Waals surface area contributed by atoms with Crippen LogP contribution >= 0.6 is 0 Å². The lowest BCUT2D eigenvalue weighted by Gasteiger charge is -2.32. The summed E-state index contributed by atoms with van der Waals surface area (Å²) in [6.07, 6.45) is 3.26. The van der Waals surface area contributed by atoms with E-state index < -0.39 is 0 Å². The SMILES string of the molecule is CCCC1=C2C(=C(CCC)C(=O)c3ccccc32)c2ccccc2C1=O. The highest BCUT2D eigenvalue weighted by Gasteiger charge is 2.37. The molecule has 2 aliphatic carbocycles. The van der Waals surface area contributed by atoms with Gasteiger partial charge < -0.3 is 0 Å². The highest BCUT2D eigenvalue weighted by molar-refractivity contribution is 6.35. The molecular formula is C24H22O2. The van der Waals surface area contributed by atoms with E-state index in [0.717, 1.165) is 70.2 Å². The van der Waals surface area contributed by atoms with E-state index in [2.05, 4.69) is 13.8 Å². The number of allylic oxidation sites excluding steroid dienone is 4. The first-order valence-corrected chi connectivity index (χ1v) is 9.43. The van der Waals surface area contributed by atoms with Crippen molar-refractivity contribution in [3.05, 3.63) is 81.9 Å². The Kier molecular flexibility index (Phi) is 4.20. The van der Waals surface area contributed by atoms with Gasteiger partial charge in [-0.25, -0.2) is 0 Å². The van der Waals surface area contributed by atoms with Crippen molar-refractivity contribution in [3.8, 4) is 0 Å². The molecule has 0 N–H and O–H groups in total. The molecule has 0 heterocycles. The van der Waals surface area contributed by atoms with Gasteiger partial charge in [-0.15, -0.1) is 0 Å². The molecule has 0 fully saturated rings. The number of fused-ring (bicyclic) bond motifs is 5. The van der Waals surface area contributed by atoms with E-state index in [4.69, 9.17) is 0 Å². The lowest BCUT2D eigenvalue weighted by atomic mass is 9.70. The summed E-state index contributed by atoms with van der Waals surface area (Å²) in [5, 5.41) is 0. The number of hydrogen-bond acceptors (Lipinski definition) is 2. The van der Waals surface area contributed by atoms with Crippen LogP contribution in [0.1, 0.15) is 71.4 Å². The summed E-state index contributed by atoms with van der Waals surface area (Å²) in [5.74, 6) is 0.224. The Balaban J connectivity index is 2.14. The van der Waals surface area contributed by atoms with E-state index in [-0.39, 0.29) is 11.6 Å². The number of carbonyl (C=O) groups excluding carboxylic acids is 2. The average Bonchev–Trinajstić information content (AvgIpc) is 2.67. The molecular weight excluding hydrogens is 320 g/mol. The molecule has 0 aliphatic heterocycles. The van der Waals surface area contributed by atoms with Crippen molar-refractivity contribution in [2.24, 2.45) is 0 Å². The fraction of sp³-hybridized carbons (Fsp3) is 0.250. The minimum Gasteiger partial charge on any atom is -0.289 e. The quantitative estimate of drug-likeness (QED) is 0.694. The van der Waals surface area contributed by atoms with Crippen LogP contribution in [0.15, 0.2) is 59.7 Å². The van der Waals surface area contributed by atoms with E-state index in [0.29, 0.717) is 0 Å². The standard InChI is InChI=1S/C24H22O2/c1-3-9-19-21-15-11-5-8-14-18(15)24(26)20(10-4-2)22(21)16-12-6-7-13-17(16)23(19)25/h5-8,11-14H,3-4,9-10H2,1-2H3. The van der Waals surface area contributed by atoms with Crippen molar-refractivity contribution in [3.63, 3.8) is 0 Å². The molecule has 0 bridgehead atoms. The number of hydrogen-bond donors (Lipinski definition) is 0. The zero-order chi connectivity index (χ0) is 18.3. The van der Waals surface area contributed by atoms with Crippen molar-refractivity contribution >= 4 is 22.7 Å². The number of benzene rings is 2. The topological polar surface area (TPSA) is 34.1 Å². The van der Waals surface area contributed by atoms with Crippen LogP contribution in [0, 0.1) is 0 Å². The summed E-state index contributed by atoms with van der Waals surface area (Å²) in [6.45, 7) is 4.19. The Hall–Kier alpha value is -2.74. The molecule has 2 aromatic carbocycles. The maximum atomic E-state index is 13.3. The van der Waals surface area contributed by atoms with Gasteiger partial charge in [0.2, 0.25) is 0 Å². The Morgan fingerprint density at radius 3 is 1.27 bits per heavy atom. The first-order valence-electron chi connectivity index (χ1n) is 9.43. The minimum absolute atomic E-state index is 0.112. The fourth-order valence-electron chi connectivity index (χ4n) is 4.22. The maximum Gasteiger partial charge on any atom is 0.190 e. The van der Waals surface area contributed by atoms with E-state index >= 15 is 0 Å². The second-order valence-corrected chi connectivity index (χ2v) is 6.96. The molecule has 26 heavy (non-hydrogen) atoms. The van der Waals surface area contributed by atoms with Gasteiger partial charge in [0.1, 0.15) is 0 Å². The normalized spacial score (nSPS) is 15.8. The molecule has 4 rings (SSSR count). The largest absolute Gasteiger partial charge is 0.289 e. The van der Waals surface area contributed by atoms with Gasteiger partial charge in [0.05, 0.1) is 0 Å². The smallest absolute Gasteiger partial charge is 0.190 e. The Bertz CT molecular complexity index is 907. The van der Waals surface area contributed by atoms with E-state index in [1.807, 2.05) is 48.5 Å². The van der Waals surface area contributed by atoms with Gasteiger partial charge in [0.25, 0.3) is 0 Å². The predicted molar refractivity (Wildman–Crippen MR) is 105 cm³/mol. The summed E-state index contributed by atoms with van der Waals surface area (Å²) in [4.78, 5) is 26.5. The molecule has 0 saturated carbocycles. The number of ketones is 2. The lowest BCUT2D eigenvalue weighted by Crippen LogP contribution is -2.23.